The van der Waals surface area contributed by atoms with E-state index in [0.29, 0.717) is 0 Å². The van der Waals surface area contributed by atoms with E-state index in [1.807, 2.05) is 29.5 Å². The zero-order chi connectivity index (χ0) is 23.2. The van der Waals surface area contributed by atoms with Crippen molar-refractivity contribution in [3.63, 3.8) is 0 Å². The lowest BCUT2D eigenvalue weighted by Gasteiger charge is -2.02. The Morgan fingerprint density at radius 3 is 1.89 bits per heavy atom. The molecule has 0 saturated heterocycles. The van der Waals surface area contributed by atoms with Gasteiger partial charge in [-0.1, -0.05) is 78.9 Å². The van der Waals surface area contributed by atoms with Crippen LogP contribution >= 0.6 is 11.3 Å². The molecule has 6 aromatic rings. The highest BCUT2D eigenvalue weighted by Gasteiger charge is 2.13. The SMILES string of the molecule is C1=Cc2cc(-c3ccc(-c4ccc(-c5ccc(-c6cc7ccccc7o6)cc5)s4)cc3)oc2CC1. The number of hydrogen-bond donors (Lipinski definition) is 0. The largest absolute Gasteiger partial charge is 0.460 e. The fourth-order valence-electron chi connectivity index (χ4n) is 4.72. The average molecular weight is 471 g/mol. The lowest BCUT2D eigenvalue weighted by molar-refractivity contribution is 0.520. The van der Waals surface area contributed by atoms with Crippen molar-refractivity contribution in [3.05, 3.63) is 114 Å². The van der Waals surface area contributed by atoms with Crippen LogP contribution in [-0.4, -0.2) is 0 Å². The van der Waals surface area contributed by atoms with Crippen molar-refractivity contribution < 1.29 is 8.83 Å². The summed E-state index contributed by atoms with van der Waals surface area (Å²) in [6.07, 6.45) is 6.42. The predicted octanol–water partition coefficient (Wildman–Crippen LogP) is 9.71. The summed E-state index contributed by atoms with van der Waals surface area (Å²) in [5.41, 5.74) is 6.78. The van der Waals surface area contributed by atoms with Gasteiger partial charge < -0.3 is 8.83 Å². The molecule has 0 saturated carbocycles. The van der Waals surface area contributed by atoms with E-state index < -0.39 is 0 Å². The van der Waals surface area contributed by atoms with Gasteiger partial charge in [0.1, 0.15) is 22.9 Å². The molecule has 0 fully saturated rings. The van der Waals surface area contributed by atoms with Crippen molar-refractivity contribution in [2.24, 2.45) is 0 Å². The number of rotatable bonds is 4. The molecular formula is C32H22O2S. The first-order chi connectivity index (χ1) is 17.3. The minimum absolute atomic E-state index is 0.901. The summed E-state index contributed by atoms with van der Waals surface area (Å²) in [4.78, 5) is 2.51. The van der Waals surface area contributed by atoms with E-state index in [1.54, 1.807) is 0 Å². The minimum Gasteiger partial charge on any atom is -0.460 e. The number of allylic oxidation sites excluding steroid dienone is 1. The van der Waals surface area contributed by atoms with Gasteiger partial charge in [-0.15, -0.1) is 11.3 Å². The van der Waals surface area contributed by atoms with Gasteiger partial charge in [0.05, 0.1) is 0 Å². The van der Waals surface area contributed by atoms with Crippen LogP contribution in [0.3, 0.4) is 0 Å². The second-order valence-electron chi connectivity index (χ2n) is 8.90. The molecule has 3 aromatic carbocycles. The molecule has 0 bridgehead atoms. The van der Waals surface area contributed by atoms with Crippen LogP contribution in [0.25, 0.3) is 60.6 Å². The fourth-order valence-corrected chi connectivity index (χ4v) is 5.73. The third-order valence-corrected chi connectivity index (χ3v) is 7.80. The van der Waals surface area contributed by atoms with E-state index in [9.17, 15) is 0 Å². The molecule has 1 aliphatic carbocycles. The molecule has 0 amide bonds. The number of thiophene rings is 1. The van der Waals surface area contributed by atoms with Gasteiger partial charge in [0.15, 0.2) is 0 Å². The van der Waals surface area contributed by atoms with Crippen molar-refractivity contribution in [1.29, 1.82) is 0 Å². The molecule has 0 spiro atoms. The summed E-state index contributed by atoms with van der Waals surface area (Å²) < 4.78 is 12.1. The van der Waals surface area contributed by atoms with Crippen molar-refractivity contribution >= 4 is 28.4 Å². The smallest absolute Gasteiger partial charge is 0.135 e. The highest BCUT2D eigenvalue weighted by Crippen LogP contribution is 2.37. The van der Waals surface area contributed by atoms with Gasteiger partial charge in [0.2, 0.25) is 0 Å². The Bertz CT molecular complexity index is 1640. The predicted molar refractivity (Wildman–Crippen MR) is 145 cm³/mol. The Kier molecular flexibility index (Phi) is 4.81. The lowest BCUT2D eigenvalue weighted by Crippen LogP contribution is -1.87. The van der Waals surface area contributed by atoms with Gasteiger partial charge in [-0.3, -0.25) is 0 Å². The van der Waals surface area contributed by atoms with Gasteiger partial charge in [-0.2, -0.15) is 0 Å². The molecule has 1 aliphatic rings. The monoisotopic (exact) mass is 470 g/mol. The van der Waals surface area contributed by atoms with Crippen LogP contribution in [0.2, 0.25) is 0 Å². The Labute approximate surface area is 207 Å². The summed E-state index contributed by atoms with van der Waals surface area (Å²) >= 11 is 1.81. The third-order valence-electron chi connectivity index (χ3n) is 6.62. The second-order valence-corrected chi connectivity index (χ2v) is 9.98. The summed E-state index contributed by atoms with van der Waals surface area (Å²) in [5.74, 6) is 2.95. The number of benzene rings is 3. The van der Waals surface area contributed by atoms with Crippen LogP contribution < -0.4 is 0 Å². The lowest BCUT2D eigenvalue weighted by atomic mass is 10.0. The second kappa shape index (κ2) is 8.30. The van der Waals surface area contributed by atoms with E-state index in [0.717, 1.165) is 52.2 Å². The number of para-hydroxylation sites is 1. The maximum atomic E-state index is 6.10. The quantitative estimate of drug-likeness (QED) is 0.256. The third kappa shape index (κ3) is 3.74. The van der Waals surface area contributed by atoms with Crippen LogP contribution in [0.15, 0.2) is 112 Å². The molecule has 0 radical (unpaired) electrons. The number of fused-ring (bicyclic) bond motifs is 2. The molecular weight excluding hydrogens is 448 g/mol. The molecule has 35 heavy (non-hydrogen) atoms. The topological polar surface area (TPSA) is 26.3 Å². The maximum absolute atomic E-state index is 6.10. The standard InChI is InChI=1S/C32H22O2S/c1-3-7-27-25(5-1)19-29(33-27)21-9-13-23(14-10-21)31-17-18-32(35-31)24-15-11-22(12-16-24)30-20-26-6-2-4-8-28(26)34-30/h1-3,5-7,9-20H,4,8H2. The van der Waals surface area contributed by atoms with Gasteiger partial charge >= 0.3 is 0 Å². The number of aryl methyl sites for hydroxylation is 1. The Morgan fingerprint density at radius 1 is 0.600 bits per heavy atom. The van der Waals surface area contributed by atoms with Crippen LogP contribution in [-0.2, 0) is 6.42 Å². The fraction of sp³-hybridized carbons (Fsp3) is 0.0625. The molecule has 0 aliphatic heterocycles. The van der Waals surface area contributed by atoms with E-state index in [1.165, 1.54) is 26.4 Å². The zero-order valence-electron chi connectivity index (χ0n) is 19.0. The van der Waals surface area contributed by atoms with E-state index >= 15 is 0 Å². The summed E-state index contributed by atoms with van der Waals surface area (Å²) in [6.45, 7) is 0. The molecule has 3 heteroatoms. The highest BCUT2D eigenvalue weighted by molar-refractivity contribution is 7.18. The van der Waals surface area contributed by atoms with E-state index in [2.05, 4.69) is 91.0 Å². The Hall–Kier alpha value is -4.08. The molecule has 168 valence electrons. The molecule has 0 N–H and O–H groups in total. The van der Waals surface area contributed by atoms with Crippen molar-refractivity contribution in [2.75, 3.05) is 0 Å². The molecule has 0 atom stereocenters. The minimum atomic E-state index is 0.901. The van der Waals surface area contributed by atoms with E-state index in [-0.39, 0.29) is 0 Å². The molecule has 2 nitrogen and oxygen atoms in total. The summed E-state index contributed by atoms with van der Waals surface area (Å²) in [5, 5.41) is 1.13. The van der Waals surface area contributed by atoms with Gasteiger partial charge in [-0.05, 0) is 47.9 Å². The summed E-state index contributed by atoms with van der Waals surface area (Å²) in [6, 6.07) is 34.1. The van der Waals surface area contributed by atoms with Gasteiger partial charge in [0.25, 0.3) is 0 Å². The normalized spacial score (nSPS) is 12.8. The highest BCUT2D eigenvalue weighted by atomic mass is 32.1. The maximum Gasteiger partial charge on any atom is 0.135 e. The number of hydrogen-bond acceptors (Lipinski definition) is 3. The molecule has 3 aromatic heterocycles. The first-order valence-electron chi connectivity index (χ1n) is 11.9. The van der Waals surface area contributed by atoms with Crippen LogP contribution in [0, 0.1) is 0 Å². The van der Waals surface area contributed by atoms with Gasteiger partial charge in [0, 0.05) is 38.3 Å². The molecule has 3 heterocycles. The number of furan rings is 2. The first-order valence-corrected chi connectivity index (χ1v) is 12.7. The van der Waals surface area contributed by atoms with Crippen molar-refractivity contribution in [3.8, 4) is 43.5 Å². The molecule has 7 rings (SSSR count). The Morgan fingerprint density at radius 2 is 1.23 bits per heavy atom. The van der Waals surface area contributed by atoms with Crippen LogP contribution in [0.5, 0.6) is 0 Å². The average Bonchev–Trinajstić information content (AvgIpc) is 3.67. The first kappa shape index (κ1) is 20.3. The molecule has 0 unspecified atom stereocenters. The van der Waals surface area contributed by atoms with Gasteiger partial charge in [-0.25, -0.2) is 0 Å². The van der Waals surface area contributed by atoms with E-state index in [4.69, 9.17) is 8.83 Å². The summed E-state index contributed by atoms with van der Waals surface area (Å²) in [7, 11) is 0. The van der Waals surface area contributed by atoms with Crippen molar-refractivity contribution in [1.82, 2.24) is 0 Å². The van der Waals surface area contributed by atoms with Crippen LogP contribution in [0.4, 0.5) is 0 Å². The van der Waals surface area contributed by atoms with Crippen molar-refractivity contribution in [2.45, 2.75) is 12.8 Å². The Balaban J connectivity index is 1.12. The van der Waals surface area contributed by atoms with Crippen LogP contribution in [0.1, 0.15) is 17.7 Å². The zero-order valence-corrected chi connectivity index (χ0v) is 19.8.